The number of hydrogen-bond acceptors (Lipinski definition) is 3. The highest BCUT2D eigenvalue weighted by Crippen LogP contribution is 2.35. The molecule has 1 atom stereocenters. The monoisotopic (exact) mass is 322 g/mol. The smallest absolute Gasteiger partial charge is 0.0738 e. The lowest BCUT2D eigenvalue weighted by Crippen LogP contribution is -2.29. The lowest BCUT2D eigenvalue weighted by Gasteiger charge is -2.19. The summed E-state index contributed by atoms with van der Waals surface area (Å²) in [6.07, 6.45) is 0. The minimum Gasteiger partial charge on any atom is -0.271 e. The lowest BCUT2D eigenvalue weighted by atomic mass is 9.98. The second kappa shape index (κ2) is 5.72. The van der Waals surface area contributed by atoms with Gasteiger partial charge in [0.15, 0.2) is 0 Å². The molecule has 1 unspecified atom stereocenters. The van der Waals surface area contributed by atoms with E-state index in [0.717, 1.165) is 11.1 Å². The molecule has 1 aromatic heterocycles. The van der Waals surface area contributed by atoms with Gasteiger partial charge < -0.3 is 0 Å². The van der Waals surface area contributed by atoms with Crippen molar-refractivity contribution >= 4 is 44.6 Å². The maximum Gasteiger partial charge on any atom is 0.0738 e. The summed E-state index contributed by atoms with van der Waals surface area (Å²) in [5.41, 5.74) is 4.83. The van der Waals surface area contributed by atoms with Gasteiger partial charge in [-0.2, -0.15) is 0 Å². The molecule has 0 aliphatic carbocycles. The Bertz CT molecular complexity index is 754. The van der Waals surface area contributed by atoms with Crippen molar-refractivity contribution in [2.45, 2.75) is 6.04 Å². The molecule has 2 aromatic carbocycles. The zero-order chi connectivity index (χ0) is 14.1. The molecular formula is C15H12Cl2N2S. The van der Waals surface area contributed by atoms with Crippen molar-refractivity contribution in [2.75, 3.05) is 0 Å². The lowest BCUT2D eigenvalue weighted by molar-refractivity contribution is 0.642. The molecule has 0 aliphatic heterocycles. The van der Waals surface area contributed by atoms with Gasteiger partial charge in [-0.05, 0) is 46.2 Å². The third-order valence-corrected chi connectivity index (χ3v) is 4.81. The molecule has 3 rings (SSSR count). The predicted molar refractivity (Wildman–Crippen MR) is 87.5 cm³/mol. The Morgan fingerprint density at radius 3 is 2.70 bits per heavy atom. The van der Waals surface area contributed by atoms with Crippen LogP contribution in [0.1, 0.15) is 17.2 Å². The number of hydrazine groups is 1. The van der Waals surface area contributed by atoms with E-state index in [1.165, 1.54) is 10.1 Å². The normalized spacial score (nSPS) is 12.8. The molecule has 3 aromatic rings. The fraction of sp³-hybridized carbons (Fsp3) is 0.0667. The zero-order valence-corrected chi connectivity index (χ0v) is 12.8. The molecule has 3 N–H and O–H groups in total. The van der Waals surface area contributed by atoms with Gasteiger partial charge in [-0.25, -0.2) is 5.43 Å². The minimum absolute atomic E-state index is 0.191. The van der Waals surface area contributed by atoms with E-state index in [9.17, 15) is 0 Å². The Morgan fingerprint density at radius 1 is 1.05 bits per heavy atom. The first-order valence-electron chi connectivity index (χ1n) is 6.08. The largest absolute Gasteiger partial charge is 0.271 e. The average Bonchev–Trinajstić information content (AvgIpc) is 2.92. The highest BCUT2D eigenvalue weighted by atomic mass is 35.5. The predicted octanol–water partition coefficient (Wildman–Crippen LogP) is 4.76. The summed E-state index contributed by atoms with van der Waals surface area (Å²) >= 11 is 14.1. The van der Waals surface area contributed by atoms with Crippen molar-refractivity contribution < 1.29 is 0 Å². The highest BCUT2D eigenvalue weighted by Gasteiger charge is 2.18. The SMILES string of the molecule is NNC(c1cc(Cl)ccc1Cl)c1cccc2ccsc12. The molecule has 0 radical (unpaired) electrons. The van der Waals surface area contributed by atoms with E-state index >= 15 is 0 Å². The van der Waals surface area contributed by atoms with E-state index in [2.05, 4.69) is 29.0 Å². The first kappa shape index (κ1) is 13.9. The minimum atomic E-state index is -0.191. The summed E-state index contributed by atoms with van der Waals surface area (Å²) in [4.78, 5) is 0. The fourth-order valence-corrected chi connectivity index (χ4v) is 3.68. The van der Waals surface area contributed by atoms with Crippen molar-refractivity contribution in [1.82, 2.24) is 5.43 Å². The first-order chi connectivity index (χ1) is 9.70. The van der Waals surface area contributed by atoms with Crippen LogP contribution in [0.5, 0.6) is 0 Å². The van der Waals surface area contributed by atoms with Gasteiger partial charge in [0.1, 0.15) is 0 Å². The second-order valence-electron chi connectivity index (χ2n) is 4.45. The molecule has 0 spiro atoms. The van der Waals surface area contributed by atoms with Crippen LogP contribution >= 0.6 is 34.5 Å². The van der Waals surface area contributed by atoms with Crippen LogP contribution in [0, 0.1) is 0 Å². The first-order valence-corrected chi connectivity index (χ1v) is 7.71. The van der Waals surface area contributed by atoms with Crippen LogP contribution < -0.4 is 11.3 Å². The number of halogens is 2. The van der Waals surface area contributed by atoms with Crippen LogP contribution in [0.4, 0.5) is 0 Å². The quantitative estimate of drug-likeness (QED) is 0.539. The van der Waals surface area contributed by atoms with Crippen LogP contribution in [0.25, 0.3) is 10.1 Å². The number of rotatable bonds is 3. The zero-order valence-electron chi connectivity index (χ0n) is 10.4. The van der Waals surface area contributed by atoms with E-state index in [1.807, 2.05) is 12.1 Å². The van der Waals surface area contributed by atoms with Crippen molar-refractivity contribution in [3.63, 3.8) is 0 Å². The molecular weight excluding hydrogens is 311 g/mol. The molecule has 5 heteroatoms. The molecule has 102 valence electrons. The Hall–Kier alpha value is -1.10. The third-order valence-electron chi connectivity index (χ3n) is 3.26. The average molecular weight is 323 g/mol. The second-order valence-corrected chi connectivity index (χ2v) is 6.21. The van der Waals surface area contributed by atoms with Crippen molar-refractivity contribution in [1.29, 1.82) is 0 Å². The van der Waals surface area contributed by atoms with Crippen LogP contribution in [0.2, 0.25) is 10.0 Å². The van der Waals surface area contributed by atoms with E-state index in [4.69, 9.17) is 29.0 Å². The van der Waals surface area contributed by atoms with Crippen LogP contribution in [-0.2, 0) is 0 Å². The number of benzene rings is 2. The van der Waals surface area contributed by atoms with Gasteiger partial charge in [0, 0.05) is 14.7 Å². The number of thiophene rings is 1. The molecule has 0 saturated heterocycles. The molecule has 1 heterocycles. The Kier molecular flexibility index (Phi) is 3.96. The Labute approximate surface area is 131 Å². The van der Waals surface area contributed by atoms with Crippen molar-refractivity contribution in [2.24, 2.45) is 5.84 Å². The number of hydrogen-bond donors (Lipinski definition) is 2. The molecule has 0 saturated carbocycles. The van der Waals surface area contributed by atoms with Gasteiger partial charge in [0.25, 0.3) is 0 Å². The van der Waals surface area contributed by atoms with Crippen LogP contribution in [0.3, 0.4) is 0 Å². The van der Waals surface area contributed by atoms with E-state index in [0.29, 0.717) is 10.0 Å². The van der Waals surface area contributed by atoms with E-state index < -0.39 is 0 Å². The summed E-state index contributed by atoms with van der Waals surface area (Å²) in [5, 5.41) is 4.56. The highest BCUT2D eigenvalue weighted by molar-refractivity contribution is 7.17. The molecule has 0 amide bonds. The topological polar surface area (TPSA) is 38.0 Å². The van der Waals surface area contributed by atoms with Crippen LogP contribution in [-0.4, -0.2) is 0 Å². The standard InChI is InChI=1S/C15H12Cl2N2S/c16-10-4-5-13(17)12(8-10)14(19-18)11-3-1-2-9-6-7-20-15(9)11/h1-8,14,19H,18H2. The van der Waals surface area contributed by atoms with Gasteiger partial charge in [0.2, 0.25) is 0 Å². The Morgan fingerprint density at radius 2 is 1.90 bits per heavy atom. The van der Waals surface area contributed by atoms with Gasteiger partial charge in [-0.3, -0.25) is 5.84 Å². The van der Waals surface area contributed by atoms with Gasteiger partial charge >= 0.3 is 0 Å². The summed E-state index contributed by atoms with van der Waals surface area (Å²) in [7, 11) is 0. The van der Waals surface area contributed by atoms with Crippen LogP contribution in [0.15, 0.2) is 47.8 Å². The maximum absolute atomic E-state index is 6.29. The summed E-state index contributed by atoms with van der Waals surface area (Å²) in [5.74, 6) is 5.77. The summed E-state index contributed by atoms with van der Waals surface area (Å²) < 4.78 is 1.20. The van der Waals surface area contributed by atoms with E-state index in [1.54, 1.807) is 23.5 Å². The van der Waals surface area contributed by atoms with Crippen molar-refractivity contribution in [3.8, 4) is 0 Å². The van der Waals surface area contributed by atoms with Gasteiger partial charge in [-0.15, -0.1) is 11.3 Å². The Balaban J connectivity index is 2.19. The molecule has 0 bridgehead atoms. The third kappa shape index (κ3) is 2.43. The van der Waals surface area contributed by atoms with Crippen molar-refractivity contribution in [3.05, 3.63) is 69.0 Å². The summed E-state index contributed by atoms with van der Waals surface area (Å²) in [6.45, 7) is 0. The number of nitrogens with two attached hydrogens (primary N) is 1. The fourth-order valence-electron chi connectivity index (χ4n) is 2.33. The molecule has 0 fully saturated rings. The maximum atomic E-state index is 6.29. The molecule has 20 heavy (non-hydrogen) atoms. The summed E-state index contributed by atoms with van der Waals surface area (Å²) in [6, 6.07) is 13.5. The molecule has 0 aliphatic rings. The van der Waals surface area contributed by atoms with Gasteiger partial charge in [-0.1, -0.05) is 41.4 Å². The number of fused-ring (bicyclic) bond motifs is 1. The molecule has 2 nitrogen and oxygen atoms in total. The number of nitrogens with one attached hydrogen (secondary N) is 1. The van der Waals surface area contributed by atoms with E-state index in [-0.39, 0.29) is 6.04 Å². The van der Waals surface area contributed by atoms with Gasteiger partial charge in [0.05, 0.1) is 6.04 Å².